The van der Waals surface area contributed by atoms with E-state index in [9.17, 15) is 19.5 Å². The molecule has 1 fully saturated rings. The van der Waals surface area contributed by atoms with E-state index in [0.29, 0.717) is 16.9 Å². The number of benzene rings is 2. The van der Waals surface area contributed by atoms with Crippen LogP contribution in [0.5, 0.6) is 5.75 Å². The molecular weight excluding hydrogens is 374 g/mol. The molecule has 1 atom stereocenters. The average molecular weight is 395 g/mol. The zero-order chi connectivity index (χ0) is 21.0. The van der Waals surface area contributed by atoms with Gasteiger partial charge in [-0.25, -0.2) is 0 Å². The lowest BCUT2D eigenvalue weighted by molar-refractivity contribution is -0.140. The summed E-state index contributed by atoms with van der Waals surface area (Å²) in [5.74, 6) is -2.27. The van der Waals surface area contributed by atoms with Crippen LogP contribution in [0, 0.1) is 0 Å². The molecule has 1 heterocycles. The van der Waals surface area contributed by atoms with Gasteiger partial charge in [-0.2, -0.15) is 0 Å². The number of aliphatic carboxylic acids is 1. The highest BCUT2D eigenvalue weighted by atomic mass is 16.5. The molecule has 7 heteroatoms. The summed E-state index contributed by atoms with van der Waals surface area (Å²) in [6, 6.07) is 14.6. The Balaban J connectivity index is 2.10. The number of nitrogens with zero attached hydrogens (tertiary/aromatic N) is 1. The van der Waals surface area contributed by atoms with E-state index in [-0.39, 0.29) is 30.7 Å². The maximum absolute atomic E-state index is 12.8. The molecule has 2 aromatic carbocycles. The van der Waals surface area contributed by atoms with Crippen LogP contribution in [0.3, 0.4) is 0 Å². The Morgan fingerprint density at radius 2 is 1.79 bits per heavy atom. The molecule has 2 N–H and O–H groups in total. The van der Waals surface area contributed by atoms with Gasteiger partial charge < -0.3 is 19.8 Å². The van der Waals surface area contributed by atoms with Crippen LogP contribution < -0.4 is 4.74 Å². The number of aliphatic hydroxyl groups is 1. The average Bonchev–Trinajstić information content (AvgIpc) is 2.98. The van der Waals surface area contributed by atoms with Crippen molar-refractivity contribution in [1.82, 2.24) is 4.90 Å². The quantitative estimate of drug-likeness (QED) is 0.424. The van der Waals surface area contributed by atoms with Gasteiger partial charge in [-0.3, -0.25) is 14.4 Å². The number of ether oxygens (including phenoxy) is 1. The van der Waals surface area contributed by atoms with Crippen molar-refractivity contribution in [2.45, 2.75) is 18.9 Å². The van der Waals surface area contributed by atoms with Crippen LogP contribution in [-0.2, 0) is 14.4 Å². The highest BCUT2D eigenvalue weighted by molar-refractivity contribution is 6.46. The fourth-order valence-electron chi connectivity index (χ4n) is 3.42. The number of carbonyl (C=O) groups excluding carboxylic acids is 2. The summed E-state index contributed by atoms with van der Waals surface area (Å²) in [6.07, 6.45) is 0.0563. The molecule has 0 saturated carbocycles. The molecule has 150 valence electrons. The lowest BCUT2D eigenvalue weighted by Crippen LogP contribution is -2.31. The summed E-state index contributed by atoms with van der Waals surface area (Å²) in [5, 5.41) is 19.8. The van der Waals surface area contributed by atoms with E-state index in [4.69, 9.17) is 9.84 Å². The summed E-state index contributed by atoms with van der Waals surface area (Å²) in [5.41, 5.74) is 0.991. The van der Waals surface area contributed by atoms with E-state index >= 15 is 0 Å². The summed E-state index contributed by atoms with van der Waals surface area (Å²) in [4.78, 5) is 37.7. The Hall–Kier alpha value is -3.61. The van der Waals surface area contributed by atoms with Gasteiger partial charge in [-0.05, 0) is 24.1 Å². The van der Waals surface area contributed by atoms with E-state index in [1.807, 2.05) is 0 Å². The summed E-state index contributed by atoms with van der Waals surface area (Å²) >= 11 is 0. The molecule has 3 rings (SSSR count). The van der Waals surface area contributed by atoms with Crippen molar-refractivity contribution >= 4 is 23.4 Å². The van der Waals surface area contributed by atoms with Gasteiger partial charge in [-0.15, -0.1) is 0 Å². The number of rotatable bonds is 7. The highest BCUT2D eigenvalue weighted by Crippen LogP contribution is 2.40. The van der Waals surface area contributed by atoms with Gasteiger partial charge in [0.2, 0.25) is 0 Å². The van der Waals surface area contributed by atoms with Gasteiger partial charge in [0.05, 0.1) is 18.7 Å². The molecule has 0 aromatic heterocycles. The normalized spacial score (nSPS) is 18.1. The second-order valence-electron chi connectivity index (χ2n) is 6.63. The number of methoxy groups -OCH3 is 1. The molecule has 7 nitrogen and oxygen atoms in total. The fraction of sp³-hybridized carbons (Fsp3) is 0.227. The highest BCUT2D eigenvalue weighted by Gasteiger charge is 2.45. The molecule has 0 unspecified atom stereocenters. The van der Waals surface area contributed by atoms with Crippen LogP contribution in [0.1, 0.15) is 30.0 Å². The number of Topliss-reactive ketones (excluding diaryl/α,β-unsaturated/α-hetero) is 1. The molecule has 0 spiro atoms. The Bertz CT molecular complexity index is 966. The van der Waals surface area contributed by atoms with Gasteiger partial charge in [0.25, 0.3) is 11.7 Å². The van der Waals surface area contributed by atoms with Gasteiger partial charge in [-0.1, -0.05) is 42.5 Å². The van der Waals surface area contributed by atoms with E-state index in [1.165, 1.54) is 12.0 Å². The molecule has 0 aliphatic carbocycles. The summed E-state index contributed by atoms with van der Waals surface area (Å²) < 4.78 is 5.25. The monoisotopic (exact) mass is 395 g/mol. The van der Waals surface area contributed by atoms with Crippen molar-refractivity contribution in [3.63, 3.8) is 0 Å². The Morgan fingerprint density at radius 1 is 1.07 bits per heavy atom. The van der Waals surface area contributed by atoms with E-state index in [1.54, 1.807) is 54.6 Å². The minimum Gasteiger partial charge on any atom is -0.507 e. The van der Waals surface area contributed by atoms with Gasteiger partial charge in [0.15, 0.2) is 0 Å². The third-order valence-electron chi connectivity index (χ3n) is 4.79. The van der Waals surface area contributed by atoms with E-state index < -0.39 is 23.7 Å². The minimum atomic E-state index is -0.983. The predicted octanol–water partition coefficient (Wildman–Crippen LogP) is 2.98. The first kappa shape index (κ1) is 20.1. The molecule has 1 saturated heterocycles. The number of hydrogen-bond donors (Lipinski definition) is 2. The number of aliphatic hydroxyl groups excluding tert-OH is 1. The Morgan fingerprint density at radius 3 is 2.45 bits per heavy atom. The van der Waals surface area contributed by atoms with Crippen LogP contribution in [-0.4, -0.2) is 46.4 Å². The van der Waals surface area contributed by atoms with Crippen molar-refractivity contribution in [3.05, 3.63) is 71.3 Å². The lowest BCUT2D eigenvalue weighted by Gasteiger charge is -2.25. The Labute approximate surface area is 167 Å². The zero-order valence-corrected chi connectivity index (χ0v) is 15.9. The fourth-order valence-corrected chi connectivity index (χ4v) is 3.42. The number of carbonyl (C=O) groups is 3. The largest absolute Gasteiger partial charge is 0.507 e. The van der Waals surface area contributed by atoms with Crippen molar-refractivity contribution in [2.24, 2.45) is 0 Å². The maximum atomic E-state index is 12.8. The van der Waals surface area contributed by atoms with Crippen LogP contribution in [0.15, 0.2) is 60.2 Å². The molecule has 0 radical (unpaired) electrons. The molecule has 29 heavy (non-hydrogen) atoms. The number of likely N-dealkylation sites (tertiary alicyclic amines) is 1. The second-order valence-corrected chi connectivity index (χ2v) is 6.63. The molecule has 1 aliphatic rings. The van der Waals surface area contributed by atoms with E-state index in [0.717, 1.165) is 0 Å². The number of hydrogen-bond acceptors (Lipinski definition) is 5. The molecule has 1 amide bonds. The van der Waals surface area contributed by atoms with Crippen LogP contribution in [0.4, 0.5) is 0 Å². The maximum Gasteiger partial charge on any atom is 0.303 e. The standard InChI is InChI=1S/C22H21NO6/c1-29-16-10-5-9-15(13-16)19-18(20(26)14-7-3-2-4-8-14)21(27)22(28)23(19)12-6-11-17(24)25/h2-5,7-10,13,19,26H,6,11-12H2,1H3,(H,24,25)/b20-18+/t19-/m0/s1. The van der Waals surface area contributed by atoms with Crippen LogP contribution in [0.25, 0.3) is 5.76 Å². The van der Waals surface area contributed by atoms with Crippen LogP contribution >= 0.6 is 0 Å². The number of amides is 1. The van der Waals surface area contributed by atoms with Crippen molar-refractivity contribution in [3.8, 4) is 5.75 Å². The molecular formula is C22H21NO6. The smallest absolute Gasteiger partial charge is 0.303 e. The van der Waals surface area contributed by atoms with Gasteiger partial charge >= 0.3 is 5.97 Å². The topological polar surface area (TPSA) is 104 Å². The first-order chi connectivity index (χ1) is 13.9. The van der Waals surface area contributed by atoms with Crippen LogP contribution in [0.2, 0.25) is 0 Å². The number of carboxylic acids is 1. The molecule has 2 aromatic rings. The van der Waals surface area contributed by atoms with Gasteiger partial charge in [0.1, 0.15) is 11.5 Å². The molecule has 0 bridgehead atoms. The third kappa shape index (κ3) is 4.13. The second kappa shape index (κ2) is 8.60. The Kier molecular flexibility index (Phi) is 5.97. The SMILES string of the molecule is COc1cccc([C@H]2/C(=C(\O)c3ccccc3)C(=O)C(=O)N2CCCC(=O)O)c1. The summed E-state index contributed by atoms with van der Waals surface area (Å²) in [7, 11) is 1.51. The zero-order valence-electron chi connectivity index (χ0n) is 15.9. The van der Waals surface area contributed by atoms with Crippen molar-refractivity contribution in [2.75, 3.05) is 13.7 Å². The number of ketones is 1. The minimum absolute atomic E-state index is 0.0234. The summed E-state index contributed by atoms with van der Waals surface area (Å²) in [6.45, 7) is 0.0737. The molecule has 1 aliphatic heterocycles. The predicted molar refractivity (Wildman–Crippen MR) is 105 cm³/mol. The van der Waals surface area contributed by atoms with Crippen molar-refractivity contribution in [1.29, 1.82) is 0 Å². The lowest BCUT2D eigenvalue weighted by atomic mass is 9.95. The number of carboxylic acid groups (broad SMARTS) is 1. The third-order valence-corrected chi connectivity index (χ3v) is 4.79. The van der Waals surface area contributed by atoms with Gasteiger partial charge in [0, 0.05) is 18.5 Å². The first-order valence-corrected chi connectivity index (χ1v) is 9.13. The van der Waals surface area contributed by atoms with Crippen molar-refractivity contribution < 1.29 is 29.3 Å². The first-order valence-electron chi connectivity index (χ1n) is 9.13. The van der Waals surface area contributed by atoms with E-state index in [2.05, 4.69) is 0 Å².